The molecule has 25 heavy (non-hydrogen) atoms. The highest BCUT2D eigenvalue weighted by Crippen LogP contribution is 2.29. The number of anilines is 1. The first kappa shape index (κ1) is 19.1. The highest BCUT2D eigenvalue weighted by molar-refractivity contribution is 7.17. The fraction of sp³-hybridized carbons (Fsp3) is 0.375. The lowest BCUT2D eigenvalue weighted by Crippen LogP contribution is -2.21. The fourth-order valence-corrected chi connectivity index (χ4v) is 4.09. The smallest absolute Gasteiger partial charge is 0.304 e. The Morgan fingerprint density at radius 1 is 1.32 bits per heavy atom. The lowest BCUT2D eigenvalue weighted by atomic mass is 9.99. The van der Waals surface area contributed by atoms with Gasteiger partial charge in [-0.1, -0.05) is 17.4 Å². The number of carbonyl (C=O) groups excluding carboxylic acids is 2. The summed E-state index contributed by atoms with van der Waals surface area (Å²) < 4.78 is 0. The lowest BCUT2D eigenvalue weighted by molar-refractivity contribution is -0.137. The van der Waals surface area contributed by atoms with Gasteiger partial charge in [0.05, 0.1) is 12.1 Å². The highest BCUT2D eigenvalue weighted by atomic mass is 32.1. The molecule has 0 spiro atoms. The summed E-state index contributed by atoms with van der Waals surface area (Å²) in [5.41, 5.74) is 0.555. The van der Waals surface area contributed by atoms with Crippen LogP contribution in [0.25, 0.3) is 0 Å². The first-order chi connectivity index (χ1) is 11.8. The van der Waals surface area contributed by atoms with E-state index in [9.17, 15) is 14.4 Å². The Kier molecular flexibility index (Phi) is 6.27. The van der Waals surface area contributed by atoms with Gasteiger partial charge in [0.2, 0.25) is 5.91 Å². The molecule has 9 heteroatoms. The molecule has 2 aromatic heterocycles. The molecule has 0 radical (unpaired) electrons. The molecule has 1 atom stereocenters. The molecule has 0 fully saturated rings. The van der Waals surface area contributed by atoms with Gasteiger partial charge in [0.25, 0.3) is 5.91 Å². The van der Waals surface area contributed by atoms with Gasteiger partial charge in [0.1, 0.15) is 4.88 Å². The minimum Gasteiger partial charge on any atom is -0.481 e. The summed E-state index contributed by atoms with van der Waals surface area (Å²) in [5.74, 6) is -1.83. The first-order valence-electron chi connectivity index (χ1n) is 7.52. The monoisotopic (exact) mass is 381 g/mol. The molecule has 0 saturated carbocycles. The van der Waals surface area contributed by atoms with Crippen molar-refractivity contribution in [2.45, 2.75) is 25.7 Å². The molecule has 0 bridgehead atoms. The van der Waals surface area contributed by atoms with Gasteiger partial charge in [-0.3, -0.25) is 14.4 Å². The Morgan fingerprint density at radius 2 is 2.04 bits per heavy atom. The second-order valence-corrected chi connectivity index (χ2v) is 7.67. The van der Waals surface area contributed by atoms with E-state index in [1.807, 2.05) is 17.5 Å². The van der Waals surface area contributed by atoms with Crippen molar-refractivity contribution in [3.05, 3.63) is 33.0 Å². The van der Waals surface area contributed by atoms with Crippen molar-refractivity contribution in [1.29, 1.82) is 0 Å². The third-order valence-corrected chi connectivity index (χ3v) is 5.54. The van der Waals surface area contributed by atoms with Crippen molar-refractivity contribution in [2.75, 3.05) is 19.4 Å². The van der Waals surface area contributed by atoms with Gasteiger partial charge in [0.15, 0.2) is 5.13 Å². The van der Waals surface area contributed by atoms with Crippen molar-refractivity contribution >= 4 is 45.6 Å². The van der Waals surface area contributed by atoms with Gasteiger partial charge in [-0.2, -0.15) is 0 Å². The predicted molar refractivity (Wildman–Crippen MR) is 97.4 cm³/mol. The van der Waals surface area contributed by atoms with E-state index in [-0.39, 0.29) is 30.6 Å². The Balaban J connectivity index is 2.07. The number of aliphatic carboxylic acids is 1. The number of aryl methyl sites for hydroxylation is 1. The van der Waals surface area contributed by atoms with Crippen molar-refractivity contribution in [2.24, 2.45) is 0 Å². The molecule has 2 heterocycles. The van der Waals surface area contributed by atoms with Crippen molar-refractivity contribution in [3.63, 3.8) is 0 Å². The quantitative estimate of drug-likeness (QED) is 0.768. The molecule has 1 unspecified atom stereocenters. The molecule has 0 saturated heterocycles. The van der Waals surface area contributed by atoms with E-state index in [1.165, 1.54) is 16.2 Å². The second kappa shape index (κ2) is 8.21. The molecular weight excluding hydrogens is 362 g/mol. The SMILES string of the molecule is Cc1nc(NC(=O)CC(CC(=O)O)c2cccs2)sc1C(=O)N(C)C. The van der Waals surface area contributed by atoms with E-state index >= 15 is 0 Å². The zero-order valence-electron chi connectivity index (χ0n) is 14.1. The standard InChI is InChI=1S/C16H19N3O4S2/c1-9-14(15(23)19(2)3)25-16(17-9)18-12(20)7-10(8-13(21)22)11-5-4-6-24-11/h4-6,10H,7-8H2,1-3H3,(H,21,22)(H,17,18,20). The number of nitrogens with one attached hydrogen (secondary N) is 1. The number of thiophene rings is 1. The largest absolute Gasteiger partial charge is 0.481 e. The average molecular weight is 381 g/mol. The summed E-state index contributed by atoms with van der Waals surface area (Å²) in [7, 11) is 3.30. The van der Waals surface area contributed by atoms with Crippen LogP contribution < -0.4 is 5.32 Å². The normalized spacial score (nSPS) is 11.8. The summed E-state index contributed by atoms with van der Waals surface area (Å²) >= 11 is 2.54. The van der Waals surface area contributed by atoms with Crippen LogP contribution in [0.5, 0.6) is 0 Å². The van der Waals surface area contributed by atoms with Crippen LogP contribution in [0, 0.1) is 6.92 Å². The van der Waals surface area contributed by atoms with Crippen LogP contribution >= 0.6 is 22.7 Å². The minimum atomic E-state index is -0.949. The van der Waals surface area contributed by atoms with Crippen LogP contribution in [0.4, 0.5) is 5.13 Å². The molecule has 7 nitrogen and oxygen atoms in total. The van der Waals surface area contributed by atoms with E-state index in [0.29, 0.717) is 15.7 Å². The number of hydrogen-bond acceptors (Lipinski definition) is 6. The lowest BCUT2D eigenvalue weighted by Gasteiger charge is -2.12. The number of carbonyl (C=O) groups is 3. The number of carboxylic acids is 1. The number of aromatic nitrogens is 1. The third kappa shape index (κ3) is 5.10. The van der Waals surface area contributed by atoms with Gasteiger partial charge in [-0.15, -0.1) is 11.3 Å². The van der Waals surface area contributed by atoms with Crippen LogP contribution in [0.1, 0.15) is 39.0 Å². The van der Waals surface area contributed by atoms with Gasteiger partial charge >= 0.3 is 5.97 Å². The number of nitrogens with zero attached hydrogens (tertiary/aromatic N) is 2. The Bertz CT molecular complexity index is 768. The fourth-order valence-electron chi connectivity index (χ4n) is 2.25. The molecule has 2 rings (SSSR count). The van der Waals surface area contributed by atoms with Gasteiger partial charge < -0.3 is 15.3 Å². The summed E-state index contributed by atoms with van der Waals surface area (Å²) in [6, 6.07) is 3.66. The van der Waals surface area contributed by atoms with Crippen LogP contribution in [0.3, 0.4) is 0 Å². The molecular formula is C16H19N3O4S2. The number of thiazole rings is 1. The van der Waals surface area contributed by atoms with Crippen LogP contribution in [-0.2, 0) is 9.59 Å². The molecule has 134 valence electrons. The molecule has 0 aliphatic heterocycles. The summed E-state index contributed by atoms with van der Waals surface area (Å²) in [4.78, 5) is 42.4. The van der Waals surface area contributed by atoms with Crippen molar-refractivity contribution in [3.8, 4) is 0 Å². The molecule has 2 aromatic rings. The second-order valence-electron chi connectivity index (χ2n) is 5.70. The molecule has 0 aromatic carbocycles. The number of hydrogen-bond donors (Lipinski definition) is 2. The minimum absolute atomic E-state index is 0.0440. The van der Waals surface area contributed by atoms with Gasteiger partial charge in [-0.25, -0.2) is 4.98 Å². The number of rotatable bonds is 7. The molecule has 2 amide bonds. The third-order valence-electron chi connectivity index (χ3n) is 3.44. The van der Waals surface area contributed by atoms with Crippen LogP contribution in [0.15, 0.2) is 17.5 Å². The topological polar surface area (TPSA) is 99.6 Å². The number of carboxylic acid groups (broad SMARTS) is 1. The Hall–Kier alpha value is -2.26. The molecule has 0 aliphatic carbocycles. The van der Waals surface area contributed by atoms with Gasteiger partial charge in [0, 0.05) is 31.3 Å². The molecule has 2 N–H and O–H groups in total. The van der Waals surface area contributed by atoms with E-state index in [2.05, 4.69) is 10.3 Å². The maximum absolute atomic E-state index is 12.3. The van der Waals surface area contributed by atoms with E-state index < -0.39 is 5.97 Å². The van der Waals surface area contributed by atoms with Crippen LogP contribution in [0.2, 0.25) is 0 Å². The van der Waals surface area contributed by atoms with Gasteiger partial charge in [-0.05, 0) is 18.4 Å². The highest BCUT2D eigenvalue weighted by Gasteiger charge is 2.22. The Labute approximate surface area is 153 Å². The van der Waals surface area contributed by atoms with E-state index in [0.717, 1.165) is 16.2 Å². The first-order valence-corrected chi connectivity index (χ1v) is 9.21. The maximum atomic E-state index is 12.3. The van der Waals surface area contributed by atoms with Crippen molar-refractivity contribution in [1.82, 2.24) is 9.88 Å². The zero-order valence-corrected chi connectivity index (χ0v) is 15.7. The van der Waals surface area contributed by atoms with Crippen molar-refractivity contribution < 1.29 is 19.5 Å². The summed E-state index contributed by atoms with van der Waals surface area (Å²) in [6.07, 6.45) is -0.0718. The Morgan fingerprint density at radius 3 is 2.60 bits per heavy atom. The summed E-state index contributed by atoms with van der Waals surface area (Å²) in [5, 5.41) is 13.9. The van der Waals surface area contributed by atoms with E-state index in [4.69, 9.17) is 5.11 Å². The van der Waals surface area contributed by atoms with Crippen LogP contribution in [-0.4, -0.2) is 46.9 Å². The van der Waals surface area contributed by atoms with E-state index in [1.54, 1.807) is 21.0 Å². The maximum Gasteiger partial charge on any atom is 0.304 e. The summed E-state index contributed by atoms with van der Waals surface area (Å²) in [6.45, 7) is 1.71. The predicted octanol–water partition coefficient (Wildman–Crippen LogP) is 2.80. The number of amides is 2. The molecule has 0 aliphatic rings. The zero-order chi connectivity index (χ0) is 18.6. The average Bonchev–Trinajstić information content (AvgIpc) is 3.15.